The number of aliphatic hydroxyl groups is 1. The first-order chi connectivity index (χ1) is 17.9. The number of nitrogens with zero attached hydrogens (tertiary/aromatic N) is 4. The maximum Gasteiger partial charge on any atom is 0.368 e. The van der Waals surface area contributed by atoms with Crippen molar-refractivity contribution in [2.45, 2.75) is 83.1 Å². The third kappa shape index (κ3) is 6.99. The average Bonchev–Trinajstić information content (AvgIpc) is 3.39. The van der Waals surface area contributed by atoms with Gasteiger partial charge >= 0.3 is 13.6 Å². The lowest BCUT2D eigenvalue weighted by atomic mass is 10.2. The van der Waals surface area contributed by atoms with E-state index in [1.165, 1.54) is 27.1 Å². The predicted octanol–water partition coefficient (Wildman–Crippen LogP) is 2.58. The van der Waals surface area contributed by atoms with Crippen molar-refractivity contribution in [2.24, 2.45) is 0 Å². The Morgan fingerprint density at radius 1 is 1.34 bits per heavy atom. The van der Waals surface area contributed by atoms with Crippen LogP contribution in [-0.2, 0) is 32.8 Å². The molecule has 2 aromatic heterocycles. The van der Waals surface area contributed by atoms with E-state index in [-0.39, 0.29) is 31.5 Å². The van der Waals surface area contributed by atoms with E-state index in [2.05, 4.69) is 20.3 Å². The number of rotatable bonds is 13. The number of aromatic nitrogens is 4. The van der Waals surface area contributed by atoms with E-state index in [4.69, 9.17) is 35.1 Å². The van der Waals surface area contributed by atoms with Crippen molar-refractivity contribution in [1.82, 2.24) is 19.5 Å². The van der Waals surface area contributed by atoms with Crippen LogP contribution < -0.4 is 5.32 Å². The fourth-order valence-corrected chi connectivity index (χ4v) is 5.39. The summed E-state index contributed by atoms with van der Waals surface area (Å²) < 4.78 is 41.6. The quantitative estimate of drug-likeness (QED) is 0.137. The van der Waals surface area contributed by atoms with Crippen LogP contribution in [0.1, 0.15) is 53.2 Å². The topological polar surface area (TPSA) is 176 Å². The minimum atomic E-state index is -4.49. The molecule has 0 bridgehead atoms. The van der Waals surface area contributed by atoms with Gasteiger partial charge in [0.05, 0.1) is 32.3 Å². The fraction of sp³-hybridized carbons (Fsp3) is 0.727. The zero-order chi connectivity index (χ0) is 27.7. The van der Waals surface area contributed by atoms with E-state index in [1.807, 2.05) is 0 Å². The highest BCUT2D eigenvalue weighted by Gasteiger charge is 2.45. The number of carbonyl (C=O) groups excluding carboxylic acids is 1. The molecule has 0 aromatic carbocycles. The molecule has 3 N–H and O–H groups in total. The summed E-state index contributed by atoms with van der Waals surface area (Å²) in [5, 5.41) is 13.7. The largest absolute Gasteiger partial charge is 0.464 e. The Labute approximate surface area is 224 Å². The number of esters is 1. The van der Waals surface area contributed by atoms with Gasteiger partial charge < -0.3 is 38.8 Å². The first-order valence-corrected chi connectivity index (χ1v) is 14.4. The monoisotopic (exact) mass is 577 g/mol. The summed E-state index contributed by atoms with van der Waals surface area (Å²) in [6, 6.07) is 0.302. The number of hydrogen-bond donors (Lipinski definition) is 3. The maximum absolute atomic E-state index is 12.6. The molecule has 3 heterocycles. The first-order valence-electron chi connectivity index (χ1n) is 12.4. The molecule has 5 atom stereocenters. The van der Waals surface area contributed by atoms with Crippen molar-refractivity contribution in [3.05, 3.63) is 11.6 Å². The van der Waals surface area contributed by atoms with Gasteiger partial charge in [0, 0.05) is 12.5 Å². The van der Waals surface area contributed by atoms with E-state index < -0.39 is 43.6 Å². The molecule has 1 aliphatic carbocycles. The highest BCUT2D eigenvalue weighted by Crippen LogP contribution is 2.49. The first kappa shape index (κ1) is 29.1. The number of fused-ring (bicyclic) bond motifs is 1. The summed E-state index contributed by atoms with van der Waals surface area (Å²) in [4.78, 5) is 35.7. The van der Waals surface area contributed by atoms with Crippen LogP contribution in [0.4, 0.5) is 5.82 Å². The summed E-state index contributed by atoms with van der Waals surface area (Å²) in [6.07, 6.45) is 1.54. The smallest absolute Gasteiger partial charge is 0.368 e. The van der Waals surface area contributed by atoms with Gasteiger partial charge in [-0.3, -0.25) is 9.13 Å². The predicted molar refractivity (Wildman–Crippen MR) is 134 cm³/mol. The fourth-order valence-electron chi connectivity index (χ4n) is 4.10. The van der Waals surface area contributed by atoms with E-state index in [1.54, 1.807) is 11.5 Å². The molecule has 212 valence electrons. The molecule has 4 rings (SSSR count). The molecule has 1 saturated heterocycles. The Hall–Kier alpha value is -1.90. The minimum Gasteiger partial charge on any atom is -0.464 e. The normalized spacial score (nSPS) is 24.3. The third-order valence-corrected chi connectivity index (χ3v) is 7.46. The van der Waals surface area contributed by atoms with Crippen molar-refractivity contribution in [1.29, 1.82) is 0 Å². The van der Waals surface area contributed by atoms with E-state index in [9.17, 15) is 19.4 Å². The molecule has 0 spiro atoms. The van der Waals surface area contributed by atoms with Gasteiger partial charge in [0.2, 0.25) is 5.28 Å². The van der Waals surface area contributed by atoms with Crippen LogP contribution in [0.5, 0.6) is 0 Å². The lowest BCUT2D eigenvalue weighted by Crippen LogP contribution is -2.33. The second kappa shape index (κ2) is 11.7. The second-order valence-corrected chi connectivity index (χ2v) is 11.7. The molecule has 2 aliphatic rings. The summed E-state index contributed by atoms with van der Waals surface area (Å²) in [6.45, 7) is 5.68. The Kier molecular flexibility index (Phi) is 8.95. The molecule has 16 heteroatoms. The molecule has 2 unspecified atom stereocenters. The van der Waals surface area contributed by atoms with Gasteiger partial charge in [0.1, 0.15) is 6.10 Å². The second-order valence-electron chi connectivity index (χ2n) is 9.49. The Morgan fingerprint density at radius 3 is 2.71 bits per heavy atom. The summed E-state index contributed by atoms with van der Waals surface area (Å²) in [5.74, 6) is -3.87. The van der Waals surface area contributed by atoms with Crippen LogP contribution in [-0.4, -0.2) is 85.2 Å². The standard InChI is InChI=1S/C22H33ClN5O9P/c1-5-33-19(29)20(38(31,32)35-6-2)34-10-13-9-14(37-22(3,4)30)18(36-13)28-11-24-15-16(25-12-7-8-12)26-21(23)27-17(15)28/h11-14,18,20,30H,5-10H2,1-4H3,(H,31,32)(H,25,26,27)/t13-,14+,18+,20?/m0/s1. The molecule has 0 radical (unpaired) electrons. The molecule has 2 aromatic rings. The van der Waals surface area contributed by atoms with Gasteiger partial charge in [-0.25, -0.2) is 9.78 Å². The number of imidazole rings is 1. The van der Waals surface area contributed by atoms with Crippen molar-refractivity contribution in [2.75, 3.05) is 25.1 Å². The summed E-state index contributed by atoms with van der Waals surface area (Å²) >= 11 is 6.20. The van der Waals surface area contributed by atoms with Crippen molar-refractivity contribution in [3.8, 4) is 0 Å². The number of ether oxygens (including phenoxy) is 4. The highest BCUT2D eigenvalue weighted by molar-refractivity contribution is 7.54. The van der Waals surface area contributed by atoms with Crippen LogP contribution in [0, 0.1) is 0 Å². The Balaban J connectivity index is 1.57. The van der Waals surface area contributed by atoms with Crippen LogP contribution in [0.25, 0.3) is 11.2 Å². The molecular formula is C22H33ClN5O9P. The Bertz CT molecular complexity index is 1190. The average molecular weight is 578 g/mol. The van der Waals surface area contributed by atoms with Gasteiger partial charge in [-0.1, -0.05) is 0 Å². The maximum atomic E-state index is 12.6. The summed E-state index contributed by atoms with van der Waals surface area (Å²) in [7, 11) is -4.49. The molecule has 1 saturated carbocycles. The molecule has 2 fully saturated rings. The zero-order valence-corrected chi connectivity index (χ0v) is 23.2. The number of nitrogens with one attached hydrogen (secondary N) is 1. The lowest BCUT2D eigenvalue weighted by molar-refractivity contribution is -0.222. The summed E-state index contributed by atoms with van der Waals surface area (Å²) in [5.41, 5.74) is 0.886. The zero-order valence-electron chi connectivity index (χ0n) is 21.6. The highest BCUT2D eigenvalue weighted by atomic mass is 35.5. The van der Waals surface area contributed by atoms with Crippen molar-refractivity contribution >= 4 is 42.1 Å². The van der Waals surface area contributed by atoms with Crippen molar-refractivity contribution in [3.63, 3.8) is 0 Å². The third-order valence-electron chi connectivity index (χ3n) is 5.71. The van der Waals surface area contributed by atoms with E-state index in [0.29, 0.717) is 23.0 Å². The number of carbonyl (C=O) groups is 1. The van der Waals surface area contributed by atoms with Gasteiger partial charge in [-0.05, 0) is 52.1 Å². The molecule has 1 aliphatic heterocycles. The van der Waals surface area contributed by atoms with Crippen LogP contribution >= 0.6 is 19.2 Å². The molecule has 38 heavy (non-hydrogen) atoms. The van der Waals surface area contributed by atoms with Crippen LogP contribution in [0.15, 0.2) is 6.33 Å². The number of halogens is 1. The minimum absolute atomic E-state index is 0.00989. The molecule has 14 nitrogen and oxygen atoms in total. The van der Waals surface area contributed by atoms with Gasteiger partial charge in [-0.2, -0.15) is 9.97 Å². The Morgan fingerprint density at radius 2 is 2.08 bits per heavy atom. The van der Waals surface area contributed by atoms with Gasteiger partial charge in [0.15, 0.2) is 29.0 Å². The van der Waals surface area contributed by atoms with E-state index >= 15 is 0 Å². The lowest BCUT2D eigenvalue weighted by Gasteiger charge is -2.27. The molecular weight excluding hydrogens is 545 g/mol. The van der Waals surface area contributed by atoms with Crippen LogP contribution in [0.2, 0.25) is 5.28 Å². The van der Waals surface area contributed by atoms with Gasteiger partial charge in [0.25, 0.3) is 5.85 Å². The van der Waals surface area contributed by atoms with Crippen molar-refractivity contribution < 1.29 is 42.8 Å². The van der Waals surface area contributed by atoms with Crippen LogP contribution in [0.3, 0.4) is 0 Å². The van der Waals surface area contributed by atoms with Gasteiger partial charge in [-0.15, -0.1) is 0 Å². The SMILES string of the molecule is CCOC(=O)C(OC[C@@H]1C[C@@H](OC(C)(C)O)[C@H](n2cnc3c(NC4CC4)nc(Cl)nc32)O1)P(=O)(O)OCC. The molecule has 0 amide bonds. The van der Waals surface area contributed by atoms with E-state index in [0.717, 1.165) is 12.8 Å². The number of hydrogen-bond acceptors (Lipinski definition) is 12. The number of anilines is 1.